The first-order valence-electron chi connectivity index (χ1n) is 7.92. The molecule has 188 valence electrons. The molecule has 1 saturated heterocycles. The Morgan fingerprint density at radius 2 is 1.60 bits per heavy atom. The summed E-state index contributed by atoms with van der Waals surface area (Å²) >= 11 is 0. The number of nitrogen functional groups attached to an aromatic ring is 1. The number of hydrogen-bond donors (Lipinski definition) is 7. The van der Waals surface area contributed by atoms with Crippen molar-refractivity contribution in [3.63, 3.8) is 0 Å². The van der Waals surface area contributed by atoms with E-state index in [1.54, 1.807) is 0 Å². The van der Waals surface area contributed by atoms with Crippen LogP contribution >= 0.6 is 35.9 Å². The number of aromatic nitrogens is 4. The minimum absolute atomic E-state index is 0. The molecular formula is C10H20ClK2N5NaO13P3. The van der Waals surface area contributed by atoms with Gasteiger partial charge < -0.3 is 40.3 Å². The molecule has 18 nitrogen and oxygen atoms in total. The number of rotatable bonds is 8. The SMILES string of the molecule is Cl.Nc1ncnc2c1ncn2[C@@H]1O[C@H](COP(=O)(O)OP(=O)(O)OP(=O)(O)O)[C@@H](O)[C@H]1O.[KH].[KH].[NaH]. The minimum atomic E-state index is -5.70. The summed E-state index contributed by atoms with van der Waals surface area (Å²) in [6.07, 6.45) is -3.69. The molecule has 1 aliphatic rings. The van der Waals surface area contributed by atoms with E-state index in [0.29, 0.717) is 0 Å². The summed E-state index contributed by atoms with van der Waals surface area (Å²) in [6, 6.07) is 0. The van der Waals surface area contributed by atoms with Crippen LogP contribution in [0.5, 0.6) is 0 Å². The second-order valence-corrected chi connectivity index (χ2v) is 10.4. The Kier molecular flexibility index (Phi) is 18.4. The zero-order valence-electron chi connectivity index (χ0n) is 15.3. The zero-order chi connectivity index (χ0) is 23.2. The molecule has 3 rings (SSSR count). The van der Waals surface area contributed by atoms with E-state index in [9.17, 15) is 28.8 Å². The van der Waals surface area contributed by atoms with Crippen molar-refractivity contribution in [3.8, 4) is 0 Å². The molecule has 0 saturated carbocycles. The second-order valence-electron chi connectivity index (χ2n) is 6.02. The maximum absolute atomic E-state index is 11.8. The molecule has 0 aromatic carbocycles. The van der Waals surface area contributed by atoms with Crippen LogP contribution in [0.25, 0.3) is 11.2 Å². The van der Waals surface area contributed by atoms with Crippen molar-refractivity contribution >= 4 is 185 Å². The van der Waals surface area contributed by atoms with Gasteiger partial charge in [0, 0.05) is 0 Å². The van der Waals surface area contributed by atoms with Crippen LogP contribution < -0.4 is 5.73 Å². The van der Waals surface area contributed by atoms with Gasteiger partial charge in [-0.3, -0.25) is 9.09 Å². The summed E-state index contributed by atoms with van der Waals surface area (Å²) in [5.41, 5.74) is 6.00. The standard InChI is InChI=1S/C10H16N5O13P3.ClH.2K.Na.3H/c11-8-5-9(13-2-12-8)15(3-14-5)10-7(17)6(16)4(26-10)1-25-30(21,22)28-31(23,24)27-29(18,19)20;;;;;;;/h2-4,6-7,10,16-17H,1H2,(H,21,22)(H,23,24)(H2,11,12,13)(H2,18,19,20);1H;;;;;;/t4-,6-,7-,10-;;;;;;;/m1......./s1. The molecule has 6 atom stereocenters. The molecule has 1 aliphatic heterocycles. The van der Waals surface area contributed by atoms with Crippen molar-refractivity contribution in [3.05, 3.63) is 12.7 Å². The first kappa shape index (κ1) is 40.3. The summed E-state index contributed by atoms with van der Waals surface area (Å²) in [5, 5.41) is 20.4. The van der Waals surface area contributed by atoms with Crippen molar-refractivity contribution in [1.82, 2.24) is 19.5 Å². The number of nitrogens with two attached hydrogens (primary N) is 1. The molecule has 8 N–H and O–H groups in total. The second kappa shape index (κ2) is 16.0. The van der Waals surface area contributed by atoms with E-state index in [4.69, 9.17) is 25.2 Å². The van der Waals surface area contributed by atoms with Crippen molar-refractivity contribution in [2.24, 2.45) is 0 Å². The van der Waals surface area contributed by atoms with E-state index in [1.165, 1.54) is 10.9 Å². The number of aliphatic hydroxyl groups is 2. The van der Waals surface area contributed by atoms with E-state index >= 15 is 0 Å². The third-order valence-electron chi connectivity index (χ3n) is 3.82. The number of ether oxygens (including phenoxy) is 1. The fourth-order valence-electron chi connectivity index (χ4n) is 2.62. The van der Waals surface area contributed by atoms with Crippen LogP contribution in [0.15, 0.2) is 12.7 Å². The Morgan fingerprint density at radius 3 is 2.17 bits per heavy atom. The Labute approximate surface area is 310 Å². The molecule has 3 heterocycles. The summed E-state index contributed by atoms with van der Waals surface area (Å²) in [5.74, 6) is 0.0426. The van der Waals surface area contributed by atoms with Crippen LogP contribution in [0.1, 0.15) is 6.23 Å². The Hall–Kier alpha value is 3.20. The number of nitrogens with zero attached hydrogens (tertiary/aromatic N) is 4. The van der Waals surface area contributed by atoms with Crippen molar-refractivity contribution in [1.29, 1.82) is 0 Å². The van der Waals surface area contributed by atoms with Crippen molar-refractivity contribution in [2.75, 3.05) is 12.3 Å². The molecule has 1 fully saturated rings. The normalized spacial score (nSPS) is 25.2. The Bertz CT molecular complexity index is 1130. The zero-order valence-corrected chi connectivity index (χ0v) is 18.8. The van der Waals surface area contributed by atoms with Gasteiger partial charge in [-0.1, -0.05) is 0 Å². The third kappa shape index (κ3) is 11.2. The molecule has 2 aromatic rings. The number of fused-ring (bicyclic) bond motifs is 1. The van der Waals surface area contributed by atoms with E-state index in [0.717, 1.165) is 6.33 Å². The van der Waals surface area contributed by atoms with Gasteiger partial charge >= 0.3 is 156 Å². The molecule has 35 heavy (non-hydrogen) atoms. The number of hydrogen-bond acceptors (Lipinski definition) is 13. The molecular weight excluding hydrogens is 628 g/mol. The van der Waals surface area contributed by atoms with E-state index in [2.05, 4.69) is 28.1 Å². The number of phosphoric acid groups is 3. The number of imidazole rings is 1. The predicted octanol–water partition coefficient (Wildman–Crippen LogP) is -3.15. The monoisotopic (exact) mass is 647 g/mol. The van der Waals surface area contributed by atoms with Crippen molar-refractivity contribution in [2.45, 2.75) is 24.5 Å². The average molecular weight is 648 g/mol. The molecule has 0 bridgehead atoms. The molecule has 2 unspecified atom stereocenters. The maximum atomic E-state index is 11.8. The molecule has 25 heteroatoms. The number of halogens is 1. The molecule has 0 radical (unpaired) electrons. The number of anilines is 1. The van der Waals surface area contributed by atoms with E-state index in [-0.39, 0.29) is 162 Å². The summed E-state index contributed by atoms with van der Waals surface area (Å²) < 4.78 is 51.9. The fourth-order valence-corrected chi connectivity index (χ4v) is 5.65. The third-order valence-corrected chi connectivity index (χ3v) is 7.62. The van der Waals surface area contributed by atoms with Gasteiger partial charge in [0.05, 0.1) is 12.9 Å². The van der Waals surface area contributed by atoms with Crippen LogP contribution in [0.3, 0.4) is 0 Å². The quantitative estimate of drug-likeness (QED) is 0.110. The summed E-state index contributed by atoms with van der Waals surface area (Å²) in [7, 11) is -16.7. The fraction of sp³-hybridized carbons (Fsp3) is 0.500. The molecule has 0 aliphatic carbocycles. The first-order valence-corrected chi connectivity index (χ1v) is 12.4. The van der Waals surface area contributed by atoms with Crippen LogP contribution in [0, 0.1) is 0 Å². The average Bonchev–Trinajstić information content (AvgIpc) is 3.13. The number of aliphatic hydroxyl groups excluding tert-OH is 2. The number of phosphoric ester groups is 1. The Morgan fingerprint density at radius 1 is 1.00 bits per heavy atom. The topological polar surface area (TPSA) is 279 Å². The summed E-state index contributed by atoms with van der Waals surface area (Å²) in [4.78, 5) is 47.2. The van der Waals surface area contributed by atoms with Gasteiger partial charge in [-0.25, -0.2) is 28.6 Å². The van der Waals surface area contributed by atoms with Gasteiger partial charge in [0.2, 0.25) is 0 Å². The Balaban J connectivity index is 0. The van der Waals surface area contributed by atoms with Gasteiger partial charge in [0.15, 0.2) is 17.7 Å². The van der Waals surface area contributed by atoms with Gasteiger partial charge in [0.1, 0.15) is 30.2 Å². The van der Waals surface area contributed by atoms with Crippen LogP contribution in [-0.2, 0) is 31.6 Å². The van der Waals surface area contributed by atoms with Gasteiger partial charge in [-0.15, -0.1) is 12.4 Å². The van der Waals surface area contributed by atoms with Crippen LogP contribution in [-0.4, -0.2) is 207 Å². The van der Waals surface area contributed by atoms with E-state index < -0.39 is 54.6 Å². The van der Waals surface area contributed by atoms with Crippen LogP contribution in [0.4, 0.5) is 5.82 Å². The first-order chi connectivity index (χ1) is 14.2. The van der Waals surface area contributed by atoms with Crippen LogP contribution in [0.2, 0.25) is 0 Å². The van der Waals surface area contributed by atoms with E-state index in [1.807, 2.05) is 0 Å². The van der Waals surface area contributed by atoms with Crippen molar-refractivity contribution < 1.29 is 61.4 Å². The summed E-state index contributed by atoms with van der Waals surface area (Å²) in [6.45, 7) is -0.956. The molecule has 2 aromatic heterocycles. The van der Waals surface area contributed by atoms with Gasteiger partial charge in [0.25, 0.3) is 0 Å². The molecule has 0 spiro atoms. The van der Waals surface area contributed by atoms with Gasteiger partial charge in [-0.05, 0) is 0 Å². The predicted molar refractivity (Wildman–Crippen MR) is 124 cm³/mol. The molecule has 0 amide bonds. The van der Waals surface area contributed by atoms with Gasteiger partial charge in [-0.2, -0.15) is 8.62 Å².